The van der Waals surface area contributed by atoms with Crippen LogP contribution in [0.25, 0.3) is 0 Å². The monoisotopic (exact) mass is 406 g/mol. The molecule has 2 aromatic rings. The molecule has 1 aliphatic rings. The van der Waals surface area contributed by atoms with E-state index in [1.54, 1.807) is 0 Å². The van der Waals surface area contributed by atoms with E-state index in [0.717, 1.165) is 19.3 Å². The zero-order chi connectivity index (χ0) is 20.1. The maximum Gasteiger partial charge on any atom is 0.433 e. The Morgan fingerprint density at radius 2 is 1.14 bits per heavy atom. The minimum absolute atomic E-state index is 0.101. The third-order valence-electron chi connectivity index (χ3n) is 4.58. The van der Waals surface area contributed by atoms with Gasteiger partial charge < -0.3 is 9.05 Å². The van der Waals surface area contributed by atoms with Crippen LogP contribution < -0.4 is 9.05 Å². The predicted molar refractivity (Wildman–Crippen MR) is 102 cm³/mol. The molecule has 0 bridgehead atoms. The number of non-ortho nitro benzene ring substituents is 2. The fourth-order valence-electron chi connectivity index (χ4n) is 3.12. The fourth-order valence-corrected chi connectivity index (χ4v) is 5.28. The Hall–Kier alpha value is -2.93. The van der Waals surface area contributed by atoms with Crippen LogP contribution in [-0.4, -0.2) is 15.5 Å². The van der Waals surface area contributed by atoms with Gasteiger partial charge in [-0.2, -0.15) is 0 Å². The Balaban J connectivity index is 1.85. The number of benzene rings is 2. The molecule has 0 unspecified atom stereocenters. The number of nitro benzene ring substituents is 2. The molecule has 0 aliphatic heterocycles. The summed E-state index contributed by atoms with van der Waals surface area (Å²) in [4.78, 5) is 20.5. The second kappa shape index (κ2) is 8.39. The molecular weight excluding hydrogens is 387 g/mol. The van der Waals surface area contributed by atoms with Gasteiger partial charge in [-0.05, 0) is 37.1 Å². The van der Waals surface area contributed by atoms with Gasteiger partial charge in [-0.25, -0.2) is 4.57 Å². The van der Waals surface area contributed by atoms with E-state index in [4.69, 9.17) is 9.05 Å². The molecular formula is C18H19N2O7P. The van der Waals surface area contributed by atoms with Crippen LogP contribution in [0.5, 0.6) is 11.5 Å². The first-order chi connectivity index (χ1) is 13.4. The van der Waals surface area contributed by atoms with Crippen molar-refractivity contribution in [2.45, 2.75) is 37.8 Å². The summed E-state index contributed by atoms with van der Waals surface area (Å²) in [6, 6.07) is 10.6. The Morgan fingerprint density at radius 1 is 0.750 bits per heavy atom. The van der Waals surface area contributed by atoms with E-state index in [0.29, 0.717) is 12.8 Å². The first-order valence-electron chi connectivity index (χ1n) is 8.85. The van der Waals surface area contributed by atoms with E-state index in [1.807, 2.05) is 0 Å². The van der Waals surface area contributed by atoms with Crippen molar-refractivity contribution in [1.82, 2.24) is 0 Å². The molecule has 0 atom stereocenters. The van der Waals surface area contributed by atoms with Crippen molar-refractivity contribution in [3.63, 3.8) is 0 Å². The topological polar surface area (TPSA) is 122 Å². The first-order valence-corrected chi connectivity index (χ1v) is 10.5. The van der Waals surface area contributed by atoms with Gasteiger partial charge >= 0.3 is 7.60 Å². The van der Waals surface area contributed by atoms with Gasteiger partial charge in [-0.1, -0.05) is 19.3 Å². The smallest absolute Gasteiger partial charge is 0.416 e. The molecule has 1 fully saturated rings. The fraction of sp³-hybridized carbons (Fsp3) is 0.333. The Labute approximate surface area is 161 Å². The third-order valence-corrected chi connectivity index (χ3v) is 6.92. The van der Waals surface area contributed by atoms with Gasteiger partial charge in [0.1, 0.15) is 11.5 Å². The highest BCUT2D eigenvalue weighted by atomic mass is 31.2. The molecule has 1 aliphatic carbocycles. The van der Waals surface area contributed by atoms with Gasteiger partial charge in [0.15, 0.2) is 0 Å². The van der Waals surface area contributed by atoms with Gasteiger partial charge in [0.25, 0.3) is 11.4 Å². The van der Waals surface area contributed by atoms with Crippen LogP contribution in [0.2, 0.25) is 0 Å². The molecule has 0 heterocycles. The average Bonchev–Trinajstić information content (AvgIpc) is 2.69. The highest BCUT2D eigenvalue weighted by Crippen LogP contribution is 2.57. The number of hydrogen-bond acceptors (Lipinski definition) is 7. The lowest BCUT2D eigenvalue weighted by Crippen LogP contribution is -2.19. The van der Waals surface area contributed by atoms with E-state index < -0.39 is 17.4 Å². The molecule has 28 heavy (non-hydrogen) atoms. The zero-order valence-corrected chi connectivity index (χ0v) is 15.8. The summed E-state index contributed by atoms with van der Waals surface area (Å²) in [5, 5.41) is 21.6. The Kier molecular flexibility index (Phi) is 5.94. The van der Waals surface area contributed by atoms with Crippen LogP contribution in [-0.2, 0) is 4.57 Å². The normalized spacial score (nSPS) is 15.0. The molecule has 0 amide bonds. The average molecular weight is 406 g/mol. The summed E-state index contributed by atoms with van der Waals surface area (Å²) in [7, 11) is -3.66. The van der Waals surface area contributed by atoms with Crippen LogP contribution in [0, 0.1) is 20.2 Å². The quantitative estimate of drug-likeness (QED) is 0.339. The number of nitro groups is 2. The molecule has 3 rings (SSSR count). The molecule has 148 valence electrons. The second-order valence-corrected chi connectivity index (χ2v) is 8.69. The molecule has 1 saturated carbocycles. The van der Waals surface area contributed by atoms with Crippen LogP contribution in [0.4, 0.5) is 11.4 Å². The van der Waals surface area contributed by atoms with Crippen LogP contribution in [0.15, 0.2) is 48.5 Å². The Morgan fingerprint density at radius 3 is 1.50 bits per heavy atom. The molecule has 9 nitrogen and oxygen atoms in total. The van der Waals surface area contributed by atoms with Gasteiger partial charge in [0.05, 0.1) is 15.5 Å². The van der Waals surface area contributed by atoms with E-state index in [2.05, 4.69) is 0 Å². The summed E-state index contributed by atoms with van der Waals surface area (Å²) >= 11 is 0. The second-order valence-electron chi connectivity index (χ2n) is 6.52. The lowest BCUT2D eigenvalue weighted by atomic mass is 10.0. The highest BCUT2D eigenvalue weighted by molar-refractivity contribution is 7.55. The minimum Gasteiger partial charge on any atom is -0.416 e. The third kappa shape index (κ3) is 4.67. The van der Waals surface area contributed by atoms with Gasteiger partial charge in [-0.15, -0.1) is 0 Å². The molecule has 0 radical (unpaired) electrons. The number of nitrogens with zero attached hydrogens (tertiary/aromatic N) is 2. The van der Waals surface area contributed by atoms with E-state index in [1.165, 1.54) is 48.5 Å². The van der Waals surface area contributed by atoms with Crippen molar-refractivity contribution in [3.8, 4) is 11.5 Å². The predicted octanol–water partition coefficient (Wildman–Crippen LogP) is 5.49. The summed E-state index contributed by atoms with van der Waals surface area (Å²) in [6.45, 7) is 0. The SMILES string of the molecule is O=[N+]([O-])c1ccc(OP(=O)(Oc2ccc([N+](=O)[O-])cc2)C2CCCCC2)cc1. The number of hydrogen-bond donors (Lipinski definition) is 0. The van der Waals surface area contributed by atoms with Gasteiger partial charge in [-0.3, -0.25) is 20.2 Å². The molecule has 0 aromatic heterocycles. The van der Waals surface area contributed by atoms with Crippen LogP contribution in [0.3, 0.4) is 0 Å². The minimum atomic E-state index is -3.66. The molecule has 2 aromatic carbocycles. The number of rotatable bonds is 7. The van der Waals surface area contributed by atoms with E-state index in [-0.39, 0.29) is 28.5 Å². The van der Waals surface area contributed by atoms with Gasteiger partial charge in [0, 0.05) is 24.3 Å². The summed E-state index contributed by atoms with van der Waals surface area (Å²) < 4.78 is 25.1. The van der Waals surface area contributed by atoms with Crippen molar-refractivity contribution in [2.75, 3.05) is 0 Å². The van der Waals surface area contributed by atoms with Crippen LogP contribution >= 0.6 is 7.60 Å². The van der Waals surface area contributed by atoms with Crippen molar-refractivity contribution < 1.29 is 23.5 Å². The van der Waals surface area contributed by atoms with Crippen molar-refractivity contribution in [2.24, 2.45) is 0 Å². The Bertz CT molecular complexity index is 830. The molecule has 0 saturated heterocycles. The first kappa shape index (κ1) is 19.8. The largest absolute Gasteiger partial charge is 0.433 e. The van der Waals surface area contributed by atoms with Gasteiger partial charge in [0.2, 0.25) is 0 Å². The maximum absolute atomic E-state index is 13.6. The summed E-state index contributed by atoms with van der Waals surface area (Å²) in [6.07, 6.45) is 4.21. The maximum atomic E-state index is 13.6. The van der Waals surface area contributed by atoms with Crippen molar-refractivity contribution in [3.05, 3.63) is 68.8 Å². The highest BCUT2D eigenvalue weighted by Gasteiger charge is 2.40. The van der Waals surface area contributed by atoms with Crippen LogP contribution in [0.1, 0.15) is 32.1 Å². The molecule has 0 spiro atoms. The van der Waals surface area contributed by atoms with Crippen molar-refractivity contribution >= 4 is 19.0 Å². The lowest BCUT2D eigenvalue weighted by Gasteiger charge is -2.29. The van der Waals surface area contributed by atoms with E-state index >= 15 is 0 Å². The van der Waals surface area contributed by atoms with E-state index in [9.17, 15) is 24.8 Å². The lowest BCUT2D eigenvalue weighted by molar-refractivity contribution is -0.385. The molecule has 10 heteroatoms. The van der Waals surface area contributed by atoms with Crippen molar-refractivity contribution in [1.29, 1.82) is 0 Å². The zero-order valence-electron chi connectivity index (χ0n) is 14.9. The summed E-state index contributed by atoms with van der Waals surface area (Å²) in [5.74, 6) is 0.419. The summed E-state index contributed by atoms with van der Waals surface area (Å²) in [5.41, 5.74) is -0.515. The standard InChI is InChI=1S/C18H19N2O7P/c21-19(22)14-6-10-16(11-7-14)26-28(25,18-4-2-1-3-5-18)27-17-12-8-15(9-13-17)20(23)24/h6-13,18H,1-5H2. The molecule has 0 N–H and O–H groups in total.